The van der Waals surface area contributed by atoms with Crippen LogP contribution in [-0.4, -0.2) is 24.2 Å². The smallest absolute Gasteiger partial charge is 0.251 e. The molecule has 0 spiro atoms. The van der Waals surface area contributed by atoms with Crippen molar-refractivity contribution in [3.05, 3.63) is 58.0 Å². The summed E-state index contributed by atoms with van der Waals surface area (Å²) in [5.41, 5.74) is 1.39. The minimum atomic E-state index is -0.129. The number of rotatable bonds is 6. The van der Waals surface area contributed by atoms with Gasteiger partial charge >= 0.3 is 0 Å². The molecule has 0 saturated heterocycles. The van der Waals surface area contributed by atoms with Crippen LogP contribution in [0.5, 0.6) is 0 Å². The quantitative estimate of drug-likeness (QED) is 0.729. The summed E-state index contributed by atoms with van der Waals surface area (Å²) < 4.78 is 5.51. The molecule has 1 atom stereocenters. The average molecular weight is 329 g/mol. The van der Waals surface area contributed by atoms with Crippen molar-refractivity contribution in [3.63, 3.8) is 0 Å². The van der Waals surface area contributed by atoms with Crippen LogP contribution in [0.25, 0.3) is 11.0 Å². The molecular weight excluding hydrogens is 310 g/mol. The second-order valence-corrected chi connectivity index (χ2v) is 6.68. The highest BCUT2D eigenvalue weighted by molar-refractivity contribution is 7.09. The maximum atomic E-state index is 12.3. The maximum absolute atomic E-state index is 12.3. The molecule has 3 aromatic rings. The second-order valence-electron chi connectivity index (χ2n) is 5.65. The van der Waals surface area contributed by atoms with Gasteiger partial charge in [-0.25, -0.2) is 0 Å². The fraction of sp³-hybridized carbons (Fsp3) is 0.278. The number of amides is 1. The summed E-state index contributed by atoms with van der Waals surface area (Å²) >= 11 is 1.67. The molecule has 1 amide bonds. The maximum Gasteiger partial charge on any atom is 0.251 e. The molecule has 0 fully saturated rings. The lowest BCUT2D eigenvalue weighted by Crippen LogP contribution is -2.31. The molecule has 23 heavy (non-hydrogen) atoms. The fourth-order valence-electron chi connectivity index (χ4n) is 2.57. The van der Waals surface area contributed by atoms with Crippen molar-refractivity contribution in [1.29, 1.82) is 0 Å². The molecule has 0 aliphatic carbocycles. The van der Waals surface area contributed by atoms with Gasteiger partial charge in [0.1, 0.15) is 11.3 Å². The molecule has 0 aliphatic rings. The molecule has 2 aromatic heterocycles. The van der Waals surface area contributed by atoms with Gasteiger partial charge in [-0.2, -0.15) is 0 Å². The summed E-state index contributed by atoms with van der Waals surface area (Å²) in [6.07, 6.45) is 0.772. The first-order chi connectivity index (χ1) is 11.2. The number of thiophene rings is 1. The van der Waals surface area contributed by atoms with Crippen LogP contribution in [0.3, 0.4) is 0 Å². The van der Waals surface area contributed by atoms with Gasteiger partial charge in [0, 0.05) is 34.9 Å². The Morgan fingerprint density at radius 2 is 2.22 bits per heavy atom. The molecule has 0 saturated carbocycles. The summed E-state index contributed by atoms with van der Waals surface area (Å²) in [6, 6.07) is 11.4. The Kier molecular flexibility index (Phi) is 4.79. The zero-order valence-electron chi connectivity index (χ0n) is 12.9. The molecule has 3 rings (SSSR count). The predicted octanol–water partition coefficient (Wildman–Crippen LogP) is 3.38. The van der Waals surface area contributed by atoms with Gasteiger partial charge in [0.15, 0.2) is 0 Å². The highest BCUT2D eigenvalue weighted by atomic mass is 32.1. The van der Waals surface area contributed by atoms with Crippen LogP contribution in [0.15, 0.2) is 46.2 Å². The van der Waals surface area contributed by atoms with Gasteiger partial charge in [-0.15, -0.1) is 11.3 Å². The van der Waals surface area contributed by atoms with Gasteiger partial charge in [-0.1, -0.05) is 6.07 Å². The van der Waals surface area contributed by atoms with E-state index in [0.717, 1.165) is 23.2 Å². The Balaban J connectivity index is 1.62. The molecule has 0 bridgehead atoms. The highest BCUT2D eigenvalue weighted by Gasteiger charge is 2.13. The van der Waals surface area contributed by atoms with Gasteiger partial charge in [-0.3, -0.25) is 4.79 Å². The summed E-state index contributed by atoms with van der Waals surface area (Å²) in [5, 5.41) is 15.3. The minimum absolute atomic E-state index is 0.0255. The summed E-state index contributed by atoms with van der Waals surface area (Å²) in [7, 11) is 0. The van der Waals surface area contributed by atoms with E-state index in [1.165, 1.54) is 4.88 Å². The molecule has 2 N–H and O–H groups in total. The van der Waals surface area contributed by atoms with Crippen LogP contribution < -0.4 is 5.32 Å². The number of aliphatic hydroxyl groups is 1. The van der Waals surface area contributed by atoms with E-state index in [4.69, 9.17) is 4.42 Å². The van der Waals surface area contributed by atoms with E-state index in [9.17, 15) is 9.90 Å². The Labute approximate surface area is 138 Å². The number of hydrogen-bond donors (Lipinski definition) is 2. The molecule has 5 heteroatoms. The van der Waals surface area contributed by atoms with Crippen molar-refractivity contribution in [1.82, 2.24) is 5.32 Å². The van der Waals surface area contributed by atoms with Crippen LogP contribution in [0.2, 0.25) is 0 Å². The summed E-state index contributed by atoms with van der Waals surface area (Å²) in [5.74, 6) is 0.724. The molecule has 0 unspecified atom stereocenters. The number of aliphatic hydroxyl groups excluding tert-OH is 1. The van der Waals surface area contributed by atoms with Crippen molar-refractivity contribution in [2.24, 2.45) is 5.92 Å². The molecular formula is C18H19NO3S. The normalized spacial score (nSPS) is 12.4. The average Bonchev–Trinajstić information content (AvgIpc) is 3.18. The van der Waals surface area contributed by atoms with Crippen LogP contribution >= 0.6 is 11.3 Å². The van der Waals surface area contributed by atoms with E-state index < -0.39 is 0 Å². The van der Waals surface area contributed by atoms with Crippen LogP contribution in [0, 0.1) is 12.8 Å². The van der Waals surface area contributed by atoms with Crippen LogP contribution in [0.1, 0.15) is 21.0 Å². The number of carbonyl (C=O) groups is 1. The summed E-state index contributed by atoms with van der Waals surface area (Å²) in [4.78, 5) is 13.5. The first-order valence-electron chi connectivity index (χ1n) is 7.57. The molecule has 2 heterocycles. The Morgan fingerprint density at radius 1 is 1.35 bits per heavy atom. The Bertz CT molecular complexity index is 792. The van der Waals surface area contributed by atoms with E-state index in [1.54, 1.807) is 17.4 Å². The third kappa shape index (κ3) is 3.81. The van der Waals surface area contributed by atoms with E-state index in [2.05, 4.69) is 5.32 Å². The highest BCUT2D eigenvalue weighted by Crippen LogP contribution is 2.20. The van der Waals surface area contributed by atoms with Gasteiger partial charge in [0.05, 0.1) is 0 Å². The van der Waals surface area contributed by atoms with Crippen LogP contribution in [0.4, 0.5) is 0 Å². The number of fused-ring (bicyclic) bond motifs is 1. The molecule has 4 nitrogen and oxygen atoms in total. The second kappa shape index (κ2) is 6.98. The lowest BCUT2D eigenvalue weighted by Gasteiger charge is -2.14. The van der Waals surface area contributed by atoms with Crippen molar-refractivity contribution in [2.75, 3.05) is 13.2 Å². The molecule has 120 valence electrons. The number of nitrogens with one attached hydrogen (secondary N) is 1. The minimum Gasteiger partial charge on any atom is -0.461 e. The largest absolute Gasteiger partial charge is 0.461 e. The Hall–Kier alpha value is -2.11. The third-order valence-corrected chi connectivity index (χ3v) is 4.68. The Morgan fingerprint density at radius 3 is 2.96 bits per heavy atom. The first kappa shape index (κ1) is 15.8. The van der Waals surface area contributed by atoms with E-state index in [-0.39, 0.29) is 18.4 Å². The van der Waals surface area contributed by atoms with Crippen molar-refractivity contribution < 1.29 is 14.3 Å². The van der Waals surface area contributed by atoms with Gasteiger partial charge in [-0.05, 0) is 49.1 Å². The van der Waals surface area contributed by atoms with Crippen LogP contribution in [-0.2, 0) is 6.42 Å². The molecule has 0 radical (unpaired) electrons. The zero-order chi connectivity index (χ0) is 16.2. The topological polar surface area (TPSA) is 62.5 Å². The number of carbonyl (C=O) groups excluding carboxylic acids is 1. The van der Waals surface area contributed by atoms with Gasteiger partial charge in [0.2, 0.25) is 0 Å². The van der Waals surface area contributed by atoms with Gasteiger partial charge in [0.25, 0.3) is 5.91 Å². The van der Waals surface area contributed by atoms with Crippen molar-refractivity contribution >= 4 is 28.2 Å². The lowest BCUT2D eigenvalue weighted by molar-refractivity contribution is 0.0940. The summed E-state index contributed by atoms with van der Waals surface area (Å²) in [6.45, 7) is 2.39. The SMILES string of the molecule is Cc1cc2cc(C(=O)NC[C@H](CO)Cc3cccs3)ccc2o1. The number of hydrogen-bond acceptors (Lipinski definition) is 4. The standard InChI is InChI=1S/C18H19NO3S/c1-12-7-15-9-14(4-5-17(15)22-12)18(21)19-10-13(11-20)8-16-3-2-6-23-16/h2-7,9,13,20H,8,10-11H2,1H3,(H,19,21)/t13-/m1/s1. The van der Waals surface area contributed by atoms with E-state index >= 15 is 0 Å². The van der Waals surface area contributed by atoms with Crippen molar-refractivity contribution in [3.8, 4) is 0 Å². The predicted molar refractivity (Wildman–Crippen MR) is 91.9 cm³/mol. The number of aryl methyl sites for hydroxylation is 1. The molecule has 0 aliphatic heterocycles. The fourth-order valence-corrected chi connectivity index (χ4v) is 3.39. The van der Waals surface area contributed by atoms with Gasteiger partial charge < -0.3 is 14.8 Å². The van der Waals surface area contributed by atoms with E-state index in [0.29, 0.717) is 12.1 Å². The first-order valence-corrected chi connectivity index (χ1v) is 8.45. The van der Waals surface area contributed by atoms with E-state index in [1.807, 2.05) is 42.6 Å². The molecule has 1 aromatic carbocycles. The zero-order valence-corrected chi connectivity index (χ0v) is 13.7. The monoisotopic (exact) mass is 329 g/mol. The third-order valence-electron chi connectivity index (χ3n) is 3.78. The lowest BCUT2D eigenvalue weighted by atomic mass is 10.1. The van der Waals surface area contributed by atoms with Crippen molar-refractivity contribution in [2.45, 2.75) is 13.3 Å². The number of furan rings is 1. The number of benzene rings is 1.